The fraction of sp³-hybridized carbons (Fsp3) is 0.250. The maximum Gasteiger partial charge on any atom is 0.230 e. The van der Waals surface area contributed by atoms with Crippen LogP contribution in [-0.4, -0.2) is 25.7 Å². The van der Waals surface area contributed by atoms with Crippen molar-refractivity contribution in [1.82, 2.24) is 19.7 Å². The summed E-state index contributed by atoms with van der Waals surface area (Å²) in [7, 11) is 0. The fourth-order valence-electron chi connectivity index (χ4n) is 3.34. The van der Waals surface area contributed by atoms with Crippen molar-refractivity contribution < 1.29 is 4.79 Å². The highest BCUT2D eigenvalue weighted by atomic mass is 32.2. The lowest BCUT2D eigenvalue weighted by molar-refractivity contribution is -0.115. The summed E-state index contributed by atoms with van der Waals surface area (Å²) in [6.45, 7) is 7.70. The molecule has 0 radical (unpaired) electrons. The highest BCUT2D eigenvalue weighted by Crippen LogP contribution is 2.32. The second-order valence-electron chi connectivity index (χ2n) is 7.49. The molecule has 2 heterocycles. The van der Waals surface area contributed by atoms with Gasteiger partial charge in [0.2, 0.25) is 5.91 Å². The molecule has 2 aromatic heterocycles. The number of thioether (sulfide) groups is 1. The van der Waals surface area contributed by atoms with Gasteiger partial charge in [-0.1, -0.05) is 48.5 Å². The monoisotopic (exact) mass is 463 g/mol. The minimum atomic E-state index is -0.0578. The first-order valence-corrected chi connectivity index (χ1v) is 12.3. The highest BCUT2D eigenvalue weighted by Gasteiger charge is 2.19. The standard InChI is InChI=1S/C24H25N5OS2/c1-5-19-8-12-22(13-9-19)29(18(4)30)23-25-20(14-31-23)15-32-24-27-26-17(3)28(24)21-10-6-16(2)7-11-21/h6-14H,5,15H2,1-4H3. The zero-order valence-electron chi connectivity index (χ0n) is 18.6. The summed E-state index contributed by atoms with van der Waals surface area (Å²) < 4.78 is 2.05. The van der Waals surface area contributed by atoms with E-state index in [2.05, 4.69) is 65.0 Å². The van der Waals surface area contributed by atoms with E-state index < -0.39 is 0 Å². The van der Waals surface area contributed by atoms with E-state index in [9.17, 15) is 4.79 Å². The Morgan fingerprint density at radius 2 is 1.78 bits per heavy atom. The van der Waals surface area contributed by atoms with Crippen molar-refractivity contribution in [1.29, 1.82) is 0 Å². The molecule has 0 unspecified atom stereocenters. The van der Waals surface area contributed by atoms with Crippen LogP contribution in [0.3, 0.4) is 0 Å². The third-order valence-electron chi connectivity index (χ3n) is 5.09. The lowest BCUT2D eigenvalue weighted by Gasteiger charge is -2.18. The first-order chi connectivity index (χ1) is 15.5. The van der Waals surface area contributed by atoms with Gasteiger partial charge in [0, 0.05) is 23.7 Å². The number of rotatable bonds is 7. The van der Waals surface area contributed by atoms with Crippen LogP contribution in [0.25, 0.3) is 5.69 Å². The van der Waals surface area contributed by atoms with Crippen LogP contribution in [0.1, 0.15) is 36.5 Å². The number of nitrogens with zero attached hydrogens (tertiary/aromatic N) is 5. The molecule has 0 aliphatic rings. The van der Waals surface area contributed by atoms with E-state index in [4.69, 9.17) is 4.98 Å². The van der Waals surface area contributed by atoms with Crippen LogP contribution < -0.4 is 4.90 Å². The third-order valence-corrected chi connectivity index (χ3v) is 6.92. The molecule has 0 bridgehead atoms. The first kappa shape index (κ1) is 22.2. The maximum atomic E-state index is 12.4. The van der Waals surface area contributed by atoms with Crippen LogP contribution in [-0.2, 0) is 17.0 Å². The predicted molar refractivity (Wildman–Crippen MR) is 131 cm³/mol. The SMILES string of the molecule is CCc1ccc(N(C(C)=O)c2nc(CSc3nnc(C)n3-c3ccc(C)cc3)cs2)cc1. The molecule has 6 nitrogen and oxygen atoms in total. The van der Waals surface area contributed by atoms with Gasteiger partial charge in [0.15, 0.2) is 10.3 Å². The van der Waals surface area contributed by atoms with Crippen LogP contribution in [0.4, 0.5) is 10.8 Å². The normalized spacial score (nSPS) is 11.0. The van der Waals surface area contributed by atoms with Crippen LogP contribution in [0.15, 0.2) is 59.1 Å². The summed E-state index contributed by atoms with van der Waals surface area (Å²) in [6, 6.07) is 16.4. The van der Waals surface area contributed by atoms with Gasteiger partial charge in [-0.05, 0) is 50.1 Å². The van der Waals surface area contributed by atoms with E-state index in [0.717, 1.165) is 34.5 Å². The van der Waals surface area contributed by atoms with E-state index >= 15 is 0 Å². The second-order valence-corrected chi connectivity index (χ2v) is 9.26. The predicted octanol–water partition coefficient (Wildman–Crippen LogP) is 5.88. The van der Waals surface area contributed by atoms with Gasteiger partial charge in [0.1, 0.15) is 5.82 Å². The molecular formula is C24H25N5OS2. The molecule has 0 saturated carbocycles. The molecule has 2 aromatic carbocycles. The zero-order chi connectivity index (χ0) is 22.7. The molecule has 164 valence electrons. The summed E-state index contributed by atoms with van der Waals surface area (Å²) in [6.07, 6.45) is 0.964. The average Bonchev–Trinajstić information content (AvgIpc) is 3.40. The molecular weight excluding hydrogens is 438 g/mol. The molecule has 0 N–H and O–H groups in total. The van der Waals surface area contributed by atoms with Crippen LogP contribution in [0, 0.1) is 13.8 Å². The number of hydrogen-bond acceptors (Lipinski definition) is 6. The van der Waals surface area contributed by atoms with E-state index in [1.165, 1.54) is 22.5 Å². The summed E-state index contributed by atoms with van der Waals surface area (Å²) in [4.78, 5) is 18.8. The summed E-state index contributed by atoms with van der Waals surface area (Å²) in [5.41, 5.74) is 5.22. The lowest BCUT2D eigenvalue weighted by atomic mass is 10.1. The Bertz CT molecular complexity index is 1210. The topological polar surface area (TPSA) is 63.9 Å². The number of aryl methyl sites for hydroxylation is 3. The molecule has 0 aliphatic carbocycles. The Hall–Kier alpha value is -2.97. The van der Waals surface area contributed by atoms with Gasteiger partial charge in [0.05, 0.1) is 11.4 Å². The second kappa shape index (κ2) is 9.67. The molecule has 0 fully saturated rings. The van der Waals surface area contributed by atoms with Gasteiger partial charge in [0.25, 0.3) is 0 Å². The van der Waals surface area contributed by atoms with Crippen molar-refractivity contribution in [2.75, 3.05) is 4.90 Å². The Kier molecular flexibility index (Phi) is 6.72. The number of hydrogen-bond donors (Lipinski definition) is 0. The minimum absolute atomic E-state index is 0.0578. The fourth-order valence-corrected chi connectivity index (χ4v) is 5.22. The third kappa shape index (κ3) is 4.76. The molecule has 0 spiro atoms. The smallest absolute Gasteiger partial charge is 0.230 e. The molecule has 4 aromatic rings. The average molecular weight is 464 g/mol. The van der Waals surface area contributed by atoms with Gasteiger partial charge in [-0.3, -0.25) is 14.3 Å². The van der Waals surface area contributed by atoms with Crippen molar-refractivity contribution in [3.05, 3.63) is 76.6 Å². The van der Waals surface area contributed by atoms with E-state index in [0.29, 0.717) is 10.9 Å². The number of aromatic nitrogens is 4. The van der Waals surface area contributed by atoms with Gasteiger partial charge in [-0.25, -0.2) is 4.98 Å². The maximum absolute atomic E-state index is 12.4. The Labute approximate surface area is 196 Å². The number of anilines is 2. The largest absolute Gasteiger partial charge is 0.274 e. The van der Waals surface area contributed by atoms with Gasteiger partial charge in [-0.15, -0.1) is 21.5 Å². The van der Waals surface area contributed by atoms with Crippen LogP contribution in [0.5, 0.6) is 0 Å². The quantitative estimate of drug-likeness (QED) is 0.320. The molecule has 32 heavy (non-hydrogen) atoms. The highest BCUT2D eigenvalue weighted by molar-refractivity contribution is 7.98. The first-order valence-electron chi connectivity index (χ1n) is 10.4. The van der Waals surface area contributed by atoms with E-state index in [1.54, 1.807) is 23.6 Å². The van der Waals surface area contributed by atoms with Crippen molar-refractivity contribution in [3.63, 3.8) is 0 Å². The number of carbonyl (C=O) groups is 1. The Morgan fingerprint density at radius 3 is 2.44 bits per heavy atom. The zero-order valence-corrected chi connectivity index (χ0v) is 20.2. The summed E-state index contributed by atoms with van der Waals surface area (Å²) in [5, 5.41) is 12.1. The van der Waals surface area contributed by atoms with Gasteiger partial charge >= 0.3 is 0 Å². The molecule has 1 amide bonds. The molecule has 8 heteroatoms. The Balaban J connectivity index is 1.52. The minimum Gasteiger partial charge on any atom is -0.274 e. The van der Waals surface area contributed by atoms with Crippen LogP contribution in [0.2, 0.25) is 0 Å². The molecule has 0 aliphatic heterocycles. The summed E-state index contributed by atoms with van der Waals surface area (Å²) >= 11 is 3.06. The number of thiazole rings is 1. The molecule has 0 atom stereocenters. The summed E-state index contributed by atoms with van der Waals surface area (Å²) in [5.74, 6) is 1.42. The lowest BCUT2D eigenvalue weighted by Crippen LogP contribution is -2.22. The van der Waals surface area contributed by atoms with Crippen molar-refractivity contribution in [2.24, 2.45) is 0 Å². The van der Waals surface area contributed by atoms with Gasteiger partial charge in [-0.2, -0.15) is 0 Å². The van der Waals surface area contributed by atoms with Crippen molar-refractivity contribution >= 4 is 39.8 Å². The number of amides is 1. The van der Waals surface area contributed by atoms with Crippen molar-refractivity contribution in [2.45, 2.75) is 45.0 Å². The number of benzene rings is 2. The molecule has 4 rings (SSSR count). The van der Waals surface area contributed by atoms with E-state index in [1.807, 2.05) is 24.4 Å². The van der Waals surface area contributed by atoms with Crippen molar-refractivity contribution in [3.8, 4) is 5.69 Å². The van der Waals surface area contributed by atoms with Crippen LogP contribution >= 0.6 is 23.1 Å². The van der Waals surface area contributed by atoms with E-state index in [-0.39, 0.29) is 5.91 Å². The van der Waals surface area contributed by atoms with Gasteiger partial charge < -0.3 is 0 Å². The number of carbonyl (C=O) groups excluding carboxylic acids is 1. The Morgan fingerprint density at radius 1 is 1.06 bits per heavy atom. The molecule has 0 saturated heterocycles.